The summed E-state index contributed by atoms with van der Waals surface area (Å²) >= 11 is 0. The Bertz CT molecular complexity index is 162. The number of aliphatic hydroxyl groups is 1. The van der Waals surface area contributed by atoms with Crippen LogP contribution in [0.3, 0.4) is 0 Å². The van der Waals surface area contributed by atoms with Crippen LogP contribution in [0.1, 0.15) is 39.5 Å². The topological polar surface area (TPSA) is 20.2 Å². The van der Waals surface area contributed by atoms with Crippen LogP contribution in [0.5, 0.6) is 0 Å². The van der Waals surface area contributed by atoms with Gasteiger partial charge in [-0.1, -0.05) is 32.8 Å². The predicted molar refractivity (Wildman–Crippen MR) is 51.9 cm³/mol. The Balaban J connectivity index is 2.73. The van der Waals surface area contributed by atoms with E-state index in [1.165, 1.54) is 6.42 Å². The van der Waals surface area contributed by atoms with E-state index < -0.39 is 5.60 Å². The first kappa shape index (κ1) is 9.79. The van der Waals surface area contributed by atoms with Gasteiger partial charge in [-0.3, -0.25) is 0 Å². The lowest BCUT2D eigenvalue weighted by Gasteiger charge is -2.40. The first-order chi connectivity index (χ1) is 5.60. The molecule has 2 atom stereocenters. The average Bonchev–Trinajstić information content (AvgIpc) is 2.05. The van der Waals surface area contributed by atoms with Crippen molar-refractivity contribution in [2.24, 2.45) is 11.8 Å². The second-order valence-corrected chi connectivity index (χ2v) is 4.29. The van der Waals surface area contributed by atoms with Gasteiger partial charge < -0.3 is 5.11 Å². The fourth-order valence-electron chi connectivity index (χ4n) is 2.37. The molecule has 1 N–H and O–H groups in total. The zero-order valence-corrected chi connectivity index (χ0v) is 8.21. The van der Waals surface area contributed by atoms with Gasteiger partial charge in [0.15, 0.2) is 0 Å². The molecule has 70 valence electrons. The fourth-order valence-corrected chi connectivity index (χ4v) is 2.37. The monoisotopic (exact) mass is 168 g/mol. The van der Waals surface area contributed by atoms with Gasteiger partial charge in [-0.05, 0) is 24.7 Å². The Morgan fingerprint density at radius 3 is 2.58 bits per heavy atom. The standard InChI is InChI=1S/C11H20O/c1-4-11(12)8-6-5-7-10(11)9(2)3/h4,9-10,12H,1,5-8H2,2-3H3. The molecule has 1 fully saturated rings. The number of hydrogen-bond donors (Lipinski definition) is 1. The molecule has 0 amide bonds. The van der Waals surface area contributed by atoms with E-state index in [0.717, 1.165) is 19.3 Å². The van der Waals surface area contributed by atoms with E-state index in [2.05, 4.69) is 20.4 Å². The quantitative estimate of drug-likeness (QED) is 0.629. The fraction of sp³-hybridized carbons (Fsp3) is 0.818. The number of rotatable bonds is 2. The van der Waals surface area contributed by atoms with Crippen LogP contribution < -0.4 is 0 Å². The summed E-state index contributed by atoms with van der Waals surface area (Å²) in [6, 6.07) is 0. The van der Waals surface area contributed by atoms with Crippen LogP contribution >= 0.6 is 0 Å². The molecule has 2 unspecified atom stereocenters. The third-order valence-corrected chi connectivity index (χ3v) is 3.14. The molecule has 0 aromatic heterocycles. The number of hydrogen-bond acceptors (Lipinski definition) is 1. The molecule has 0 aromatic carbocycles. The van der Waals surface area contributed by atoms with Crippen LogP contribution in [-0.2, 0) is 0 Å². The van der Waals surface area contributed by atoms with E-state index in [-0.39, 0.29) is 0 Å². The van der Waals surface area contributed by atoms with Crippen molar-refractivity contribution in [3.05, 3.63) is 12.7 Å². The van der Waals surface area contributed by atoms with Crippen molar-refractivity contribution in [3.8, 4) is 0 Å². The largest absolute Gasteiger partial charge is 0.386 e. The van der Waals surface area contributed by atoms with Crippen molar-refractivity contribution in [1.29, 1.82) is 0 Å². The van der Waals surface area contributed by atoms with E-state index in [4.69, 9.17) is 0 Å². The molecule has 1 nitrogen and oxygen atoms in total. The smallest absolute Gasteiger partial charge is 0.0855 e. The molecule has 1 heteroatoms. The molecule has 1 rings (SSSR count). The molecule has 0 heterocycles. The van der Waals surface area contributed by atoms with Crippen LogP contribution in [0.2, 0.25) is 0 Å². The Kier molecular flexibility index (Phi) is 2.94. The highest BCUT2D eigenvalue weighted by molar-refractivity contribution is 5.03. The van der Waals surface area contributed by atoms with Crippen molar-refractivity contribution in [3.63, 3.8) is 0 Å². The minimum Gasteiger partial charge on any atom is -0.386 e. The molecule has 1 aliphatic rings. The lowest BCUT2D eigenvalue weighted by atomic mass is 9.70. The first-order valence-electron chi connectivity index (χ1n) is 4.96. The minimum atomic E-state index is -0.577. The van der Waals surface area contributed by atoms with E-state index >= 15 is 0 Å². The van der Waals surface area contributed by atoms with Gasteiger partial charge in [-0.2, -0.15) is 0 Å². The summed E-state index contributed by atoms with van der Waals surface area (Å²) in [6.45, 7) is 8.11. The van der Waals surface area contributed by atoms with Crippen LogP contribution in [0.25, 0.3) is 0 Å². The molecular formula is C11H20O. The molecule has 0 bridgehead atoms. The molecule has 1 saturated carbocycles. The third kappa shape index (κ3) is 1.71. The van der Waals surface area contributed by atoms with Crippen molar-refractivity contribution < 1.29 is 5.11 Å². The highest BCUT2D eigenvalue weighted by atomic mass is 16.3. The SMILES string of the molecule is C=CC1(O)CCCCC1C(C)C. The van der Waals surface area contributed by atoms with Crippen LogP contribution in [-0.4, -0.2) is 10.7 Å². The molecule has 0 saturated heterocycles. The second kappa shape index (κ2) is 3.61. The Morgan fingerprint density at radius 2 is 2.17 bits per heavy atom. The van der Waals surface area contributed by atoms with E-state index in [9.17, 15) is 5.11 Å². The summed E-state index contributed by atoms with van der Waals surface area (Å²) in [5.74, 6) is 0.983. The maximum absolute atomic E-state index is 10.2. The van der Waals surface area contributed by atoms with E-state index in [1.54, 1.807) is 6.08 Å². The van der Waals surface area contributed by atoms with Gasteiger partial charge in [-0.25, -0.2) is 0 Å². The summed E-state index contributed by atoms with van der Waals surface area (Å²) in [6.07, 6.45) is 6.21. The summed E-state index contributed by atoms with van der Waals surface area (Å²) in [5, 5.41) is 10.2. The van der Waals surface area contributed by atoms with Crippen LogP contribution in [0.4, 0.5) is 0 Å². The summed E-state index contributed by atoms with van der Waals surface area (Å²) in [5.41, 5.74) is -0.577. The van der Waals surface area contributed by atoms with Crippen molar-refractivity contribution >= 4 is 0 Å². The minimum absolute atomic E-state index is 0.420. The zero-order valence-electron chi connectivity index (χ0n) is 8.21. The molecule has 0 radical (unpaired) electrons. The van der Waals surface area contributed by atoms with Crippen LogP contribution in [0, 0.1) is 11.8 Å². The highest BCUT2D eigenvalue weighted by Gasteiger charge is 2.37. The zero-order chi connectivity index (χ0) is 9.19. The highest BCUT2D eigenvalue weighted by Crippen LogP contribution is 2.38. The molecule has 0 spiro atoms. The lowest BCUT2D eigenvalue weighted by molar-refractivity contribution is -0.0244. The maximum atomic E-state index is 10.2. The van der Waals surface area contributed by atoms with Gasteiger partial charge in [0, 0.05) is 0 Å². The predicted octanol–water partition coefficient (Wildman–Crippen LogP) is 2.75. The van der Waals surface area contributed by atoms with Gasteiger partial charge in [0.25, 0.3) is 0 Å². The maximum Gasteiger partial charge on any atom is 0.0855 e. The van der Waals surface area contributed by atoms with Crippen molar-refractivity contribution in [1.82, 2.24) is 0 Å². The Labute approximate surface area is 75.5 Å². The van der Waals surface area contributed by atoms with E-state index in [1.807, 2.05) is 0 Å². The summed E-state index contributed by atoms with van der Waals surface area (Å²) in [4.78, 5) is 0. The van der Waals surface area contributed by atoms with Crippen molar-refractivity contribution in [2.45, 2.75) is 45.1 Å². The van der Waals surface area contributed by atoms with Crippen molar-refractivity contribution in [2.75, 3.05) is 0 Å². The summed E-state index contributed by atoms with van der Waals surface area (Å²) < 4.78 is 0. The van der Waals surface area contributed by atoms with Gasteiger partial charge in [0.2, 0.25) is 0 Å². The Morgan fingerprint density at radius 1 is 1.50 bits per heavy atom. The molecule has 0 aromatic rings. The van der Waals surface area contributed by atoms with Gasteiger partial charge in [0.1, 0.15) is 0 Å². The first-order valence-corrected chi connectivity index (χ1v) is 4.96. The molecule has 1 aliphatic carbocycles. The second-order valence-electron chi connectivity index (χ2n) is 4.29. The normalized spacial score (nSPS) is 36.8. The van der Waals surface area contributed by atoms with Crippen LogP contribution in [0.15, 0.2) is 12.7 Å². The molecular weight excluding hydrogens is 148 g/mol. The van der Waals surface area contributed by atoms with E-state index in [0.29, 0.717) is 11.8 Å². The average molecular weight is 168 g/mol. The molecule has 12 heavy (non-hydrogen) atoms. The summed E-state index contributed by atoms with van der Waals surface area (Å²) in [7, 11) is 0. The lowest BCUT2D eigenvalue weighted by Crippen LogP contribution is -2.41. The van der Waals surface area contributed by atoms with Gasteiger partial charge in [-0.15, -0.1) is 6.58 Å². The van der Waals surface area contributed by atoms with Gasteiger partial charge >= 0.3 is 0 Å². The van der Waals surface area contributed by atoms with Gasteiger partial charge in [0.05, 0.1) is 5.60 Å². The third-order valence-electron chi connectivity index (χ3n) is 3.14. The Hall–Kier alpha value is -0.300. The molecule has 0 aliphatic heterocycles.